The molecule has 0 spiro atoms. The second-order valence-electron chi connectivity index (χ2n) is 8.80. The van der Waals surface area contributed by atoms with Crippen LogP contribution in [0.1, 0.15) is 85.8 Å². The average molecular weight is 471 g/mol. The molecule has 0 atom stereocenters. The van der Waals surface area contributed by atoms with Crippen LogP contribution in [-0.4, -0.2) is 26.2 Å². The van der Waals surface area contributed by atoms with Crippen molar-refractivity contribution in [3.8, 4) is 23.0 Å². The summed E-state index contributed by atoms with van der Waals surface area (Å²) < 4.78 is 5.28. The van der Waals surface area contributed by atoms with E-state index in [1.165, 1.54) is 12.5 Å². The van der Waals surface area contributed by atoms with Gasteiger partial charge in [-0.3, -0.25) is 4.79 Å². The second-order valence-corrected chi connectivity index (χ2v) is 8.80. The Labute approximate surface area is 199 Å². The first kappa shape index (κ1) is 26.8. The van der Waals surface area contributed by atoms with E-state index in [0.29, 0.717) is 17.7 Å². The number of carbonyl (C=O) groups is 1. The highest BCUT2D eigenvalue weighted by Gasteiger charge is 2.27. The molecule has 0 saturated heterocycles. The summed E-state index contributed by atoms with van der Waals surface area (Å²) in [5.41, 5.74) is 1.26. The molecule has 4 N–H and O–H groups in total. The lowest BCUT2D eigenvalue weighted by Crippen LogP contribution is -2.12. The average Bonchev–Trinajstić information content (AvgIpc) is 2.75. The molecule has 0 aliphatic heterocycles. The Hall–Kier alpha value is -3.48. The van der Waals surface area contributed by atoms with E-state index in [4.69, 9.17) is 4.42 Å². The number of ketones is 1. The van der Waals surface area contributed by atoms with Crippen molar-refractivity contribution < 1.29 is 29.6 Å². The summed E-state index contributed by atoms with van der Waals surface area (Å²) in [5, 5.41) is 42.9. The van der Waals surface area contributed by atoms with Crippen LogP contribution in [0.5, 0.6) is 23.0 Å². The highest BCUT2D eigenvalue weighted by atomic mass is 16.4. The number of rotatable bonds is 9. The largest absolute Gasteiger partial charge is 0.507 e. The third-order valence-electron chi connectivity index (χ3n) is 5.91. The minimum absolute atomic E-state index is 0.0605. The zero-order valence-corrected chi connectivity index (χ0v) is 20.7. The molecule has 184 valence electrons. The number of phenolic OH excluding ortho intramolecular Hbond substituents is 3. The number of aryl methyl sites for hydroxylation is 1. The van der Waals surface area contributed by atoms with Crippen LogP contribution < -0.4 is 5.63 Å². The molecule has 0 aliphatic rings. The highest BCUT2D eigenvalue weighted by Crippen LogP contribution is 2.44. The molecule has 7 heteroatoms. The fourth-order valence-corrected chi connectivity index (χ4v) is 3.86. The van der Waals surface area contributed by atoms with Gasteiger partial charge in [0, 0.05) is 29.5 Å². The number of carbonyl (C=O) groups excluding carboxylic acids is 1. The third kappa shape index (κ3) is 5.71. The van der Waals surface area contributed by atoms with Crippen molar-refractivity contribution in [1.82, 2.24) is 0 Å². The Morgan fingerprint density at radius 2 is 1.50 bits per heavy atom. The first-order valence-electron chi connectivity index (χ1n) is 11.3. The summed E-state index contributed by atoms with van der Waals surface area (Å²) in [6.45, 7) is 10.5. The van der Waals surface area contributed by atoms with Gasteiger partial charge in [0.2, 0.25) is 0 Å². The number of Topliss-reactive ketones (excluding diaryl/α,β-unsaturated/α-hetero) is 1. The SMILES string of the molecule is CCc1oc(=O)c(Cc2c(O)c(C/C=C(/C)CCC=C(C)C)c(O)c(C(C)=O)c2O)c(O)c1C. The molecule has 2 rings (SSSR count). The van der Waals surface area contributed by atoms with Gasteiger partial charge in [0.05, 0.1) is 5.56 Å². The molecule has 0 bridgehead atoms. The van der Waals surface area contributed by atoms with Crippen LogP contribution in [-0.2, 0) is 19.3 Å². The molecule has 1 aromatic carbocycles. The molecule has 0 fully saturated rings. The smallest absolute Gasteiger partial charge is 0.343 e. The minimum atomic E-state index is -0.798. The Bertz CT molecular complexity index is 1210. The van der Waals surface area contributed by atoms with Crippen LogP contribution in [0.15, 0.2) is 32.5 Å². The zero-order chi connectivity index (χ0) is 25.7. The van der Waals surface area contributed by atoms with Gasteiger partial charge in [-0.25, -0.2) is 4.79 Å². The first-order valence-corrected chi connectivity index (χ1v) is 11.3. The van der Waals surface area contributed by atoms with Gasteiger partial charge in [-0.05, 0) is 53.9 Å². The van der Waals surface area contributed by atoms with E-state index in [9.17, 15) is 30.0 Å². The number of aromatic hydroxyl groups is 4. The molecular weight excluding hydrogens is 436 g/mol. The van der Waals surface area contributed by atoms with Crippen LogP contribution in [0.2, 0.25) is 0 Å². The third-order valence-corrected chi connectivity index (χ3v) is 5.91. The predicted molar refractivity (Wildman–Crippen MR) is 131 cm³/mol. The van der Waals surface area contributed by atoms with Gasteiger partial charge in [0.15, 0.2) is 5.78 Å². The van der Waals surface area contributed by atoms with E-state index in [-0.39, 0.29) is 40.8 Å². The highest BCUT2D eigenvalue weighted by molar-refractivity contribution is 6.01. The van der Waals surface area contributed by atoms with Crippen molar-refractivity contribution in [3.05, 3.63) is 67.3 Å². The molecule has 1 aromatic heterocycles. The number of hydrogen-bond donors (Lipinski definition) is 4. The van der Waals surface area contributed by atoms with Gasteiger partial charge in [0.25, 0.3) is 0 Å². The van der Waals surface area contributed by atoms with Crippen molar-refractivity contribution >= 4 is 5.78 Å². The van der Waals surface area contributed by atoms with E-state index in [0.717, 1.165) is 18.4 Å². The van der Waals surface area contributed by atoms with Crippen LogP contribution in [0.25, 0.3) is 0 Å². The van der Waals surface area contributed by atoms with Gasteiger partial charge >= 0.3 is 5.63 Å². The summed E-state index contributed by atoms with van der Waals surface area (Å²) in [6, 6.07) is 0. The summed E-state index contributed by atoms with van der Waals surface area (Å²) in [7, 11) is 0. The summed E-state index contributed by atoms with van der Waals surface area (Å²) in [6.07, 6.45) is 5.73. The van der Waals surface area contributed by atoms with Crippen LogP contribution >= 0.6 is 0 Å². The second kappa shape index (κ2) is 11.1. The van der Waals surface area contributed by atoms with Gasteiger partial charge in [-0.15, -0.1) is 0 Å². The van der Waals surface area contributed by atoms with E-state index >= 15 is 0 Å². The topological polar surface area (TPSA) is 128 Å². The Morgan fingerprint density at radius 3 is 2.06 bits per heavy atom. The van der Waals surface area contributed by atoms with Crippen LogP contribution in [0, 0.1) is 6.92 Å². The zero-order valence-electron chi connectivity index (χ0n) is 20.7. The monoisotopic (exact) mass is 470 g/mol. The fourth-order valence-electron chi connectivity index (χ4n) is 3.86. The normalized spacial score (nSPS) is 11.5. The quantitative estimate of drug-likeness (QED) is 0.287. The number of hydrogen-bond acceptors (Lipinski definition) is 7. The maximum Gasteiger partial charge on any atom is 0.343 e. The predicted octanol–water partition coefficient (Wildman–Crippen LogP) is 5.36. The maximum absolute atomic E-state index is 12.5. The summed E-state index contributed by atoms with van der Waals surface area (Å²) in [4.78, 5) is 24.7. The fraction of sp³-hybridized carbons (Fsp3) is 0.407. The molecule has 2 aromatic rings. The summed E-state index contributed by atoms with van der Waals surface area (Å²) >= 11 is 0. The maximum atomic E-state index is 12.5. The Kier molecular flexibility index (Phi) is 8.74. The van der Waals surface area contributed by atoms with Gasteiger partial charge < -0.3 is 24.8 Å². The van der Waals surface area contributed by atoms with E-state index in [1.54, 1.807) is 13.8 Å². The van der Waals surface area contributed by atoms with Crippen molar-refractivity contribution in [3.63, 3.8) is 0 Å². The summed E-state index contributed by atoms with van der Waals surface area (Å²) in [5.74, 6) is -2.13. The van der Waals surface area contributed by atoms with Gasteiger partial charge in [-0.1, -0.05) is 30.2 Å². The molecule has 0 aliphatic carbocycles. The van der Waals surface area contributed by atoms with Crippen LogP contribution in [0.3, 0.4) is 0 Å². The van der Waals surface area contributed by atoms with Crippen LogP contribution in [0.4, 0.5) is 0 Å². The minimum Gasteiger partial charge on any atom is -0.507 e. The van der Waals surface area contributed by atoms with Crippen molar-refractivity contribution in [2.45, 2.75) is 73.6 Å². The number of phenols is 3. The Balaban J connectivity index is 2.60. The van der Waals surface area contributed by atoms with Crippen molar-refractivity contribution in [2.24, 2.45) is 0 Å². The van der Waals surface area contributed by atoms with Crippen molar-refractivity contribution in [2.75, 3.05) is 0 Å². The molecular formula is C27H34O7. The molecule has 0 amide bonds. The van der Waals surface area contributed by atoms with E-state index < -0.39 is 28.7 Å². The lowest BCUT2D eigenvalue weighted by atomic mass is 9.92. The molecule has 1 heterocycles. The molecule has 0 saturated carbocycles. The lowest BCUT2D eigenvalue weighted by molar-refractivity contribution is 0.101. The molecule has 0 radical (unpaired) electrons. The Morgan fingerprint density at radius 1 is 0.882 bits per heavy atom. The van der Waals surface area contributed by atoms with E-state index in [2.05, 4.69) is 6.08 Å². The number of benzene rings is 1. The van der Waals surface area contributed by atoms with Crippen molar-refractivity contribution in [1.29, 1.82) is 0 Å². The lowest BCUT2D eigenvalue weighted by Gasteiger charge is -2.17. The molecule has 7 nitrogen and oxygen atoms in total. The van der Waals surface area contributed by atoms with E-state index in [1.807, 2.05) is 26.8 Å². The molecule has 34 heavy (non-hydrogen) atoms. The first-order chi connectivity index (χ1) is 15.9. The molecule has 0 unspecified atom stereocenters. The van der Waals surface area contributed by atoms with Gasteiger partial charge in [-0.2, -0.15) is 0 Å². The van der Waals surface area contributed by atoms with Gasteiger partial charge in [0.1, 0.15) is 34.3 Å². The number of allylic oxidation sites excluding steroid dienone is 4. The standard InChI is InChI=1S/C27H34O7/c1-7-21-16(5)23(29)20(27(33)34-21)13-19-24(30)18(25(31)22(17(6)28)26(19)32)12-11-15(4)10-8-9-14(2)3/h9,11,29-32H,7-8,10,12-13H2,1-6H3/b15-11-.